The zero-order valence-corrected chi connectivity index (χ0v) is 21.2. The van der Waals surface area contributed by atoms with Crippen molar-refractivity contribution in [1.82, 2.24) is 10.1 Å². The van der Waals surface area contributed by atoms with Crippen LogP contribution in [-0.4, -0.2) is 36.0 Å². The van der Waals surface area contributed by atoms with Gasteiger partial charge in [0.05, 0.1) is 16.3 Å². The van der Waals surface area contributed by atoms with E-state index in [1.807, 2.05) is 12.1 Å². The first kappa shape index (κ1) is 23.8. The third-order valence-electron chi connectivity index (χ3n) is 6.40. The maximum atomic E-state index is 12.3. The Bertz CT molecular complexity index is 1310. The van der Waals surface area contributed by atoms with Gasteiger partial charge in [0.15, 0.2) is 5.78 Å². The van der Waals surface area contributed by atoms with Gasteiger partial charge < -0.3 is 9.26 Å². The average Bonchev–Trinajstić information content (AvgIpc) is 3.65. The molecular weight excluding hydrogens is 480 g/mol. The molecule has 5 nitrogen and oxygen atoms in total. The zero-order chi connectivity index (χ0) is 24.2. The molecule has 0 bridgehead atoms. The van der Waals surface area contributed by atoms with Crippen LogP contribution in [0.3, 0.4) is 0 Å². The van der Waals surface area contributed by atoms with E-state index in [0.717, 1.165) is 42.2 Å². The molecule has 0 N–H and O–H groups in total. The number of aromatic nitrogens is 1. The molecule has 1 saturated heterocycles. The standard InChI is InChI=1S/C28H27ClN2O3S/c1-33-22-8-10-24(21(16-22)18-31-14-2-3-15-31)19-4-6-20(7-5-19)25-17-23(34-30-25)9-11-26(32)27-12-13-28(29)35-27/h4-8,10,12-13,16-17H,2-3,9,11,14-15,18H2,1H3. The van der Waals surface area contributed by atoms with Crippen molar-refractivity contribution in [2.75, 3.05) is 20.2 Å². The number of likely N-dealkylation sites (tertiary alicyclic amines) is 1. The Balaban J connectivity index is 1.29. The first-order valence-corrected chi connectivity index (χ1v) is 13.0. The van der Waals surface area contributed by atoms with Crippen molar-refractivity contribution in [1.29, 1.82) is 0 Å². The van der Waals surface area contributed by atoms with Crippen molar-refractivity contribution < 1.29 is 14.1 Å². The van der Waals surface area contributed by atoms with E-state index < -0.39 is 0 Å². The number of carbonyl (C=O) groups excluding carboxylic acids is 1. The summed E-state index contributed by atoms with van der Waals surface area (Å²) in [7, 11) is 1.71. The van der Waals surface area contributed by atoms with E-state index in [0.29, 0.717) is 27.8 Å². The number of ketones is 1. The number of nitrogens with zero attached hydrogens (tertiary/aromatic N) is 2. The molecule has 0 unspecified atom stereocenters. The molecular formula is C28H27ClN2O3S. The van der Waals surface area contributed by atoms with Crippen LogP contribution in [0.2, 0.25) is 4.34 Å². The molecule has 0 saturated carbocycles. The maximum Gasteiger partial charge on any atom is 0.173 e. The number of aryl methyl sites for hydroxylation is 1. The van der Waals surface area contributed by atoms with Gasteiger partial charge in [0, 0.05) is 31.0 Å². The number of methoxy groups -OCH3 is 1. The number of thiophene rings is 1. The molecule has 4 aromatic rings. The Morgan fingerprint density at radius 3 is 2.54 bits per heavy atom. The van der Waals surface area contributed by atoms with Crippen LogP contribution in [0.15, 0.2) is 65.2 Å². The molecule has 7 heteroatoms. The van der Waals surface area contributed by atoms with Crippen molar-refractivity contribution in [3.05, 3.63) is 81.2 Å². The van der Waals surface area contributed by atoms with Crippen molar-refractivity contribution in [3.8, 4) is 28.1 Å². The van der Waals surface area contributed by atoms with Crippen molar-refractivity contribution in [2.24, 2.45) is 0 Å². The number of carbonyl (C=O) groups is 1. The second-order valence-corrected chi connectivity index (χ2v) is 10.5. The maximum absolute atomic E-state index is 12.3. The van der Waals surface area contributed by atoms with Gasteiger partial charge in [-0.05, 0) is 66.9 Å². The van der Waals surface area contributed by atoms with E-state index in [4.69, 9.17) is 20.9 Å². The highest BCUT2D eigenvalue weighted by atomic mass is 35.5. The van der Waals surface area contributed by atoms with Crippen LogP contribution in [0.1, 0.15) is 40.3 Å². The lowest BCUT2D eigenvalue weighted by Gasteiger charge is -2.18. The summed E-state index contributed by atoms with van der Waals surface area (Å²) >= 11 is 7.24. The van der Waals surface area contributed by atoms with Gasteiger partial charge in [0.1, 0.15) is 17.2 Å². The Morgan fingerprint density at radius 1 is 1.06 bits per heavy atom. The number of Topliss-reactive ketones (excluding diaryl/α,β-unsaturated/α-hetero) is 1. The van der Waals surface area contributed by atoms with Crippen molar-refractivity contribution in [2.45, 2.75) is 32.2 Å². The lowest BCUT2D eigenvalue weighted by atomic mass is 9.97. The van der Waals surface area contributed by atoms with Crippen LogP contribution in [0.4, 0.5) is 0 Å². The van der Waals surface area contributed by atoms with Crippen LogP contribution in [0, 0.1) is 0 Å². The van der Waals surface area contributed by atoms with Gasteiger partial charge >= 0.3 is 0 Å². The largest absolute Gasteiger partial charge is 0.497 e. The number of halogens is 1. The van der Waals surface area contributed by atoms with Gasteiger partial charge in [0.2, 0.25) is 0 Å². The zero-order valence-electron chi connectivity index (χ0n) is 19.6. The molecule has 180 valence electrons. The third-order valence-corrected chi connectivity index (χ3v) is 7.67. The van der Waals surface area contributed by atoms with Gasteiger partial charge in [-0.1, -0.05) is 47.1 Å². The highest BCUT2D eigenvalue weighted by Gasteiger charge is 2.16. The van der Waals surface area contributed by atoms with Gasteiger partial charge in [-0.15, -0.1) is 11.3 Å². The minimum absolute atomic E-state index is 0.0634. The fourth-order valence-electron chi connectivity index (χ4n) is 4.50. The highest BCUT2D eigenvalue weighted by molar-refractivity contribution is 7.18. The van der Waals surface area contributed by atoms with Gasteiger partial charge in [-0.2, -0.15) is 0 Å². The Kier molecular flexibility index (Phi) is 7.32. The number of hydrogen-bond acceptors (Lipinski definition) is 6. The second kappa shape index (κ2) is 10.8. The van der Waals surface area contributed by atoms with Crippen molar-refractivity contribution in [3.63, 3.8) is 0 Å². The average molecular weight is 507 g/mol. The summed E-state index contributed by atoms with van der Waals surface area (Å²) in [5, 5.41) is 4.22. The second-order valence-electron chi connectivity index (χ2n) is 8.79. The molecule has 0 atom stereocenters. The third kappa shape index (κ3) is 5.67. The molecule has 1 aliphatic rings. The minimum Gasteiger partial charge on any atom is -0.497 e. The first-order chi connectivity index (χ1) is 17.1. The molecule has 3 heterocycles. The molecule has 0 aliphatic carbocycles. The molecule has 1 aliphatic heterocycles. The minimum atomic E-state index is 0.0634. The molecule has 1 fully saturated rings. The fraction of sp³-hybridized carbons (Fsp3) is 0.286. The van der Waals surface area contributed by atoms with Crippen LogP contribution >= 0.6 is 22.9 Å². The van der Waals surface area contributed by atoms with Crippen LogP contribution < -0.4 is 4.74 Å². The SMILES string of the molecule is COc1ccc(-c2ccc(-c3cc(CCC(=O)c4ccc(Cl)s4)on3)cc2)c(CN2CCCC2)c1. The molecule has 5 rings (SSSR count). The summed E-state index contributed by atoms with van der Waals surface area (Å²) in [6.07, 6.45) is 3.40. The number of rotatable bonds is 9. The molecule has 35 heavy (non-hydrogen) atoms. The summed E-state index contributed by atoms with van der Waals surface area (Å²) in [5.74, 6) is 1.65. The fourth-order valence-corrected chi connectivity index (χ4v) is 5.51. The smallest absolute Gasteiger partial charge is 0.173 e. The quantitative estimate of drug-likeness (QED) is 0.226. The Labute approximate surface area is 214 Å². The van der Waals surface area contributed by atoms with E-state index in [-0.39, 0.29) is 5.78 Å². The predicted octanol–water partition coefficient (Wildman–Crippen LogP) is 7.14. The van der Waals surface area contributed by atoms with Gasteiger partial charge in [-0.25, -0.2) is 0 Å². The van der Waals surface area contributed by atoms with Crippen LogP contribution in [0.25, 0.3) is 22.4 Å². The Morgan fingerprint density at radius 2 is 1.83 bits per heavy atom. The number of hydrogen-bond donors (Lipinski definition) is 0. The topological polar surface area (TPSA) is 55.6 Å². The first-order valence-electron chi connectivity index (χ1n) is 11.8. The van der Waals surface area contributed by atoms with Crippen LogP contribution in [-0.2, 0) is 13.0 Å². The summed E-state index contributed by atoms with van der Waals surface area (Å²) in [6, 6.07) is 20.1. The van der Waals surface area contributed by atoms with E-state index in [1.165, 1.54) is 35.3 Å². The Hall–Kier alpha value is -2.93. The molecule has 0 spiro atoms. The lowest BCUT2D eigenvalue weighted by molar-refractivity contribution is 0.0984. The normalized spacial score (nSPS) is 13.9. The molecule has 0 radical (unpaired) electrons. The van der Waals surface area contributed by atoms with E-state index in [1.54, 1.807) is 19.2 Å². The van der Waals surface area contributed by atoms with Gasteiger partial charge in [0.25, 0.3) is 0 Å². The van der Waals surface area contributed by atoms with Gasteiger partial charge in [-0.3, -0.25) is 9.69 Å². The van der Waals surface area contributed by atoms with E-state index >= 15 is 0 Å². The molecule has 2 aromatic heterocycles. The summed E-state index contributed by atoms with van der Waals surface area (Å²) in [4.78, 5) is 15.5. The van der Waals surface area contributed by atoms with Crippen molar-refractivity contribution >= 4 is 28.7 Å². The monoisotopic (exact) mass is 506 g/mol. The number of ether oxygens (including phenoxy) is 1. The lowest BCUT2D eigenvalue weighted by Crippen LogP contribution is -2.18. The number of benzene rings is 2. The predicted molar refractivity (Wildman–Crippen MR) is 140 cm³/mol. The molecule has 0 amide bonds. The highest BCUT2D eigenvalue weighted by Crippen LogP contribution is 2.31. The summed E-state index contributed by atoms with van der Waals surface area (Å²) < 4.78 is 11.6. The summed E-state index contributed by atoms with van der Waals surface area (Å²) in [6.45, 7) is 3.23. The summed E-state index contributed by atoms with van der Waals surface area (Å²) in [5.41, 5.74) is 5.41. The van der Waals surface area contributed by atoms with E-state index in [9.17, 15) is 4.79 Å². The molecule has 2 aromatic carbocycles. The van der Waals surface area contributed by atoms with Crippen LogP contribution in [0.5, 0.6) is 5.75 Å². The van der Waals surface area contributed by atoms with E-state index in [2.05, 4.69) is 46.5 Å².